The van der Waals surface area contributed by atoms with Crippen molar-refractivity contribution in [3.63, 3.8) is 0 Å². The second-order valence-electron chi connectivity index (χ2n) is 5.41. The van der Waals surface area contributed by atoms with Crippen molar-refractivity contribution in [3.8, 4) is 5.75 Å². The number of benzene rings is 1. The van der Waals surface area contributed by atoms with E-state index in [1.165, 1.54) is 0 Å². The fraction of sp³-hybridized carbons (Fsp3) is 0.333. The summed E-state index contributed by atoms with van der Waals surface area (Å²) >= 11 is 0. The Hall–Kier alpha value is -2.56. The third-order valence-electron chi connectivity index (χ3n) is 3.12. The minimum Gasteiger partial charge on any atom is -0.491 e. The van der Waals surface area contributed by atoms with Gasteiger partial charge in [0.05, 0.1) is 18.3 Å². The molecule has 0 bridgehead atoms. The molecule has 0 spiro atoms. The van der Waals surface area contributed by atoms with Crippen LogP contribution in [-0.2, 0) is 13.1 Å². The van der Waals surface area contributed by atoms with Gasteiger partial charge in [-0.05, 0) is 43.7 Å². The Morgan fingerprint density at radius 1 is 1.13 bits per heavy atom. The normalized spacial score (nSPS) is 11.4. The van der Waals surface area contributed by atoms with E-state index in [9.17, 15) is 0 Å². The Morgan fingerprint density at radius 3 is 2.65 bits per heavy atom. The predicted molar refractivity (Wildman–Crippen MR) is 93.5 cm³/mol. The van der Waals surface area contributed by atoms with Crippen LogP contribution in [0, 0.1) is 0 Å². The zero-order valence-corrected chi connectivity index (χ0v) is 13.9. The summed E-state index contributed by atoms with van der Waals surface area (Å²) in [6.07, 6.45) is 1.96. The van der Waals surface area contributed by atoms with Crippen LogP contribution in [0.4, 0.5) is 0 Å². The minimum atomic E-state index is 0.172. The standard InChI is InChI=1S/C18H24N4O/c1-14(2)23-17-9-6-7-15(11-17)12-21-18(19-3)22-13-16-8-4-5-10-20-16/h4-11,14H,12-13H2,1-3H3,(H2,19,21,22). The molecule has 1 aromatic heterocycles. The molecule has 0 atom stereocenters. The van der Waals surface area contributed by atoms with Crippen molar-refractivity contribution >= 4 is 5.96 Å². The van der Waals surface area contributed by atoms with Crippen LogP contribution in [0.1, 0.15) is 25.1 Å². The highest BCUT2D eigenvalue weighted by Gasteiger charge is 2.02. The molecule has 1 aromatic carbocycles. The van der Waals surface area contributed by atoms with Gasteiger partial charge in [0.25, 0.3) is 0 Å². The highest BCUT2D eigenvalue weighted by molar-refractivity contribution is 5.79. The highest BCUT2D eigenvalue weighted by Crippen LogP contribution is 2.14. The smallest absolute Gasteiger partial charge is 0.191 e. The number of aliphatic imine (C=N–C) groups is 1. The quantitative estimate of drug-likeness (QED) is 0.636. The molecule has 23 heavy (non-hydrogen) atoms. The molecular formula is C18H24N4O. The van der Waals surface area contributed by atoms with Crippen LogP contribution in [0.2, 0.25) is 0 Å². The average molecular weight is 312 g/mol. The molecule has 0 aliphatic rings. The lowest BCUT2D eigenvalue weighted by atomic mass is 10.2. The maximum absolute atomic E-state index is 5.71. The number of pyridine rings is 1. The van der Waals surface area contributed by atoms with E-state index < -0.39 is 0 Å². The van der Waals surface area contributed by atoms with Crippen molar-refractivity contribution in [2.75, 3.05) is 7.05 Å². The van der Waals surface area contributed by atoms with Gasteiger partial charge in [-0.1, -0.05) is 18.2 Å². The third kappa shape index (κ3) is 5.98. The monoisotopic (exact) mass is 312 g/mol. The molecule has 1 heterocycles. The van der Waals surface area contributed by atoms with Gasteiger partial charge >= 0.3 is 0 Å². The summed E-state index contributed by atoms with van der Waals surface area (Å²) in [7, 11) is 1.76. The maximum Gasteiger partial charge on any atom is 0.191 e. The molecule has 5 nitrogen and oxygen atoms in total. The first-order chi connectivity index (χ1) is 11.2. The molecule has 0 aliphatic heterocycles. The maximum atomic E-state index is 5.71. The molecule has 2 rings (SSSR count). The number of guanidine groups is 1. The number of rotatable bonds is 6. The Bertz CT molecular complexity index is 626. The van der Waals surface area contributed by atoms with Crippen LogP contribution in [0.15, 0.2) is 53.7 Å². The number of ether oxygens (including phenoxy) is 1. The summed E-state index contributed by atoms with van der Waals surface area (Å²) in [6.45, 7) is 5.36. The molecule has 0 amide bonds. The van der Waals surface area contributed by atoms with Crippen molar-refractivity contribution in [1.29, 1.82) is 0 Å². The van der Waals surface area contributed by atoms with Gasteiger partial charge in [-0.15, -0.1) is 0 Å². The summed E-state index contributed by atoms with van der Waals surface area (Å²) in [4.78, 5) is 8.51. The van der Waals surface area contributed by atoms with Gasteiger partial charge in [0.2, 0.25) is 0 Å². The van der Waals surface area contributed by atoms with Crippen LogP contribution in [0.25, 0.3) is 0 Å². The molecule has 0 radical (unpaired) electrons. The molecule has 5 heteroatoms. The molecule has 2 aromatic rings. The summed E-state index contributed by atoms with van der Waals surface area (Å²) in [5.41, 5.74) is 2.12. The Kier molecular flexibility index (Phi) is 6.41. The number of nitrogens with zero attached hydrogens (tertiary/aromatic N) is 2. The van der Waals surface area contributed by atoms with E-state index in [1.807, 2.05) is 50.2 Å². The van der Waals surface area contributed by atoms with Gasteiger partial charge in [0.1, 0.15) is 5.75 Å². The average Bonchev–Trinajstić information content (AvgIpc) is 2.56. The first-order valence-corrected chi connectivity index (χ1v) is 7.77. The van der Waals surface area contributed by atoms with Crippen molar-refractivity contribution in [2.24, 2.45) is 4.99 Å². The molecule has 0 unspecified atom stereocenters. The molecule has 0 aliphatic carbocycles. The lowest BCUT2D eigenvalue weighted by molar-refractivity contribution is 0.242. The van der Waals surface area contributed by atoms with E-state index in [1.54, 1.807) is 13.2 Å². The van der Waals surface area contributed by atoms with Gasteiger partial charge in [-0.25, -0.2) is 0 Å². The largest absolute Gasteiger partial charge is 0.491 e. The lowest BCUT2D eigenvalue weighted by Crippen LogP contribution is -2.36. The van der Waals surface area contributed by atoms with Gasteiger partial charge in [0, 0.05) is 19.8 Å². The summed E-state index contributed by atoms with van der Waals surface area (Å²) < 4.78 is 5.71. The predicted octanol–water partition coefficient (Wildman–Crippen LogP) is 2.73. The number of hydrogen-bond acceptors (Lipinski definition) is 3. The first kappa shape index (κ1) is 16.8. The molecule has 0 saturated carbocycles. The Labute approximate surface area is 137 Å². The summed E-state index contributed by atoms with van der Waals surface area (Å²) in [6, 6.07) is 13.9. The highest BCUT2D eigenvalue weighted by atomic mass is 16.5. The number of aromatic nitrogens is 1. The van der Waals surface area contributed by atoms with Crippen molar-refractivity contribution in [1.82, 2.24) is 15.6 Å². The number of nitrogens with one attached hydrogen (secondary N) is 2. The van der Waals surface area contributed by atoms with Crippen molar-refractivity contribution < 1.29 is 4.74 Å². The second kappa shape index (κ2) is 8.78. The van der Waals surface area contributed by atoms with Crippen LogP contribution in [0.3, 0.4) is 0 Å². The molecule has 0 fully saturated rings. The van der Waals surface area contributed by atoms with Crippen molar-refractivity contribution in [3.05, 3.63) is 59.9 Å². The van der Waals surface area contributed by atoms with Gasteiger partial charge < -0.3 is 15.4 Å². The zero-order valence-electron chi connectivity index (χ0n) is 13.9. The van der Waals surface area contributed by atoms with Crippen molar-refractivity contribution in [2.45, 2.75) is 33.0 Å². The third-order valence-corrected chi connectivity index (χ3v) is 3.12. The summed E-state index contributed by atoms with van der Waals surface area (Å²) in [5.74, 6) is 1.63. The fourth-order valence-corrected chi connectivity index (χ4v) is 2.08. The van der Waals surface area contributed by atoms with Gasteiger partial charge in [-0.2, -0.15) is 0 Å². The second-order valence-corrected chi connectivity index (χ2v) is 5.41. The van der Waals surface area contributed by atoms with Crippen LogP contribution in [0.5, 0.6) is 5.75 Å². The Morgan fingerprint density at radius 2 is 1.96 bits per heavy atom. The van der Waals surface area contributed by atoms with E-state index >= 15 is 0 Å². The number of hydrogen-bond donors (Lipinski definition) is 2. The lowest BCUT2D eigenvalue weighted by Gasteiger charge is -2.13. The molecule has 0 saturated heterocycles. The van der Waals surface area contributed by atoms with Crippen LogP contribution in [-0.4, -0.2) is 24.1 Å². The molecule has 2 N–H and O–H groups in total. The van der Waals surface area contributed by atoms with E-state index in [4.69, 9.17) is 4.74 Å². The SMILES string of the molecule is CN=C(NCc1cccc(OC(C)C)c1)NCc1ccccn1. The van der Waals surface area contributed by atoms with Crippen LogP contribution < -0.4 is 15.4 Å². The zero-order chi connectivity index (χ0) is 16.5. The van der Waals surface area contributed by atoms with Crippen LogP contribution >= 0.6 is 0 Å². The van der Waals surface area contributed by atoms with E-state index in [0.29, 0.717) is 13.1 Å². The van der Waals surface area contributed by atoms with E-state index in [-0.39, 0.29) is 6.10 Å². The van der Waals surface area contributed by atoms with Gasteiger partial charge in [-0.3, -0.25) is 9.98 Å². The first-order valence-electron chi connectivity index (χ1n) is 7.77. The van der Waals surface area contributed by atoms with Gasteiger partial charge in [0.15, 0.2) is 5.96 Å². The minimum absolute atomic E-state index is 0.172. The molecule has 122 valence electrons. The van der Waals surface area contributed by atoms with E-state index in [2.05, 4.69) is 26.7 Å². The van der Waals surface area contributed by atoms with E-state index in [0.717, 1.165) is 23.0 Å². The topological polar surface area (TPSA) is 58.5 Å². The fourth-order valence-electron chi connectivity index (χ4n) is 2.08. The molecular weight excluding hydrogens is 288 g/mol. The Balaban J connectivity index is 1.85. The summed E-state index contributed by atoms with van der Waals surface area (Å²) in [5, 5.41) is 6.54.